The second-order valence-electron chi connectivity index (χ2n) is 9.04. The molecule has 2 aliphatic heterocycles. The number of piperidine rings is 1. The molecule has 35 heavy (non-hydrogen) atoms. The highest BCUT2D eigenvalue weighted by atomic mass is 16.5. The first-order valence-corrected chi connectivity index (χ1v) is 12.6. The molecule has 0 saturated carbocycles. The zero-order valence-corrected chi connectivity index (χ0v) is 20.5. The SMILES string of the molecule is CCN(CC)C(=O)C1CCCN(c2nc(Nc3ccc(N4CCOCC4)cc3)c3[nH]cnc3n2)C1. The van der Waals surface area contributed by atoms with Crippen LogP contribution in [0.25, 0.3) is 11.2 Å². The van der Waals surface area contributed by atoms with E-state index in [-0.39, 0.29) is 11.8 Å². The molecule has 5 rings (SSSR count). The number of nitrogens with one attached hydrogen (secondary N) is 2. The number of morpholine rings is 1. The van der Waals surface area contributed by atoms with Crippen molar-refractivity contribution in [3.05, 3.63) is 30.6 Å². The van der Waals surface area contributed by atoms with Crippen LogP contribution in [0.1, 0.15) is 26.7 Å². The van der Waals surface area contributed by atoms with E-state index in [9.17, 15) is 4.79 Å². The van der Waals surface area contributed by atoms with Crippen molar-refractivity contribution >= 4 is 40.2 Å². The van der Waals surface area contributed by atoms with E-state index in [1.165, 1.54) is 5.69 Å². The summed E-state index contributed by atoms with van der Waals surface area (Å²) in [7, 11) is 0. The van der Waals surface area contributed by atoms with Gasteiger partial charge in [-0.25, -0.2) is 4.98 Å². The zero-order valence-electron chi connectivity index (χ0n) is 20.5. The van der Waals surface area contributed by atoms with Gasteiger partial charge in [-0.2, -0.15) is 9.97 Å². The van der Waals surface area contributed by atoms with Gasteiger partial charge >= 0.3 is 0 Å². The molecule has 1 atom stereocenters. The normalized spacial score (nSPS) is 18.6. The van der Waals surface area contributed by atoms with Crippen molar-refractivity contribution in [2.24, 2.45) is 5.92 Å². The lowest BCUT2D eigenvalue weighted by Crippen LogP contribution is -2.45. The standard InChI is InChI=1S/C25H34N8O2/c1-3-31(4-2)24(34)18-6-5-11-33(16-18)25-29-22-21(26-17-27-22)23(30-25)28-19-7-9-20(10-8-19)32-12-14-35-15-13-32/h7-10,17-18H,3-6,11-16H2,1-2H3,(H2,26,27,28,29,30). The summed E-state index contributed by atoms with van der Waals surface area (Å²) in [5, 5.41) is 3.45. The smallest absolute Gasteiger partial charge is 0.229 e. The maximum Gasteiger partial charge on any atom is 0.229 e. The van der Waals surface area contributed by atoms with Crippen LogP contribution in [-0.2, 0) is 9.53 Å². The summed E-state index contributed by atoms with van der Waals surface area (Å²) in [4.78, 5) is 36.5. The summed E-state index contributed by atoms with van der Waals surface area (Å²) in [5.74, 6) is 1.47. The molecule has 2 aromatic heterocycles. The predicted molar refractivity (Wildman–Crippen MR) is 137 cm³/mol. The van der Waals surface area contributed by atoms with Gasteiger partial charge in [0.2, 0.25) is 11.9 Å². The minimum Gasteiger partial charge on any atom is -0.378 e. The number of carbonyl (C=O) groups excluding carboxylic acids is 1. The Morgan fingerprint density at radius 3 is 2.63 bits per heavy atom. The van der Waals surface area contributed by atoms with E-state index >= 15 is 0 Å². The van der Waals surface area contributed by atoms with Crippen LogP contribution in [-0.4, -0.2) is 83.2 Å². The number of aromatic amines is 1. The molecule has 0 radical (unpaired) electrons. The molecule has 186 valence electrons. The van der Waals surface area contributed by atoms with E-state index in [1.54, 1.807) is 6.33 Å². The van der Waals surface area contributed by atoms with Crippen LogP contribution < -0.4 is 15.1 Å². The van der Waals surface area contributed by atoms with Crippen LogP contribution in [0.2, 0.25) is 0 Å². The van der Waals surface area contributed by atoms with Crippen LogP contribution in [0.5, 0.6) is 0 Å². The van der Waals surface area contributed by atoms with Crippen molar-refractivity contribution in [3.8, 4) is 0 Å². The Balaban J connectivity index is 1.35. The predicted octanol–water partition coefficient (Wildman–Crippen LogP) is 3.02. The van der Waals surface area contributed by atoms with Crippen molar-refractivity contribution in [2.45, 2.75) is 26.7 Å². The summed E-state index contributed by atoms with van der Waals surface area (Å²) in [6, 6.07) is 8.37. The fourth-order valence-electron chi connectivity index (χ4n) is 4.92. The Hall–Kier alpha value is -3.40. The van der Waals surface area contributed by atoms with Gasteiger partial charge in [-0.05, 0) is 51.0 Å². The molecule has 10 nitrogen and oxygen atoms in total. The Morgan fingerprint density at radius 2 is 1.89 bits per heavy atom. The van der Waals surface area contributed by atoms with Crippen LogP contribution in [0, 0.1) is 5.92 Å². The fraction of sp³-hybridized carbons (Fsp3) is 0.520. The largest absolute Gasteiger partial charge is 0.378 e. The molecule has 1 aromatic carbocycles. The number of benzene rings is 1. The van der Waals surface area contributed by atoms with Gasteiger partial charge in [0.25, 0.3) is 0 Å². The lowest BCUT2D eigenvalue weighted by molar-refractivity contribution is -0.135. The highest BCUT2D eigenvalue weighted by Crippen LogP contribution is 2.28. The monoisotopic (exact) mass is 478 g/mol. The Labute approximate surface area is 205 Å². The van der Waals surface area contributed by atoms with Gasteiger partial charge in [0.1, 0.15) is 5.52 Å². The number of amides is 1. The Bertz CT molecular complexity index is 1140. The maximum absolute atomic E-state index is 13.0. The van der Waals surface area contributed by atoms with Crippen LogP contribution in [0.3, 0.4) is 0 Å². The zero-order chi connectivity index (χ0) is 24.2. The molecule has 0 aliphatic carbocycles. The quantitative estimate of drug-likeness (QED) is 0.534. The number of ether oxygens (including phenoxy) is 1. The van der Waals surface area contributed by atoms with Crippen molar-refractivity contribution in [2.75, 3.05) is 67.6 Å². The first-order valence-electron chi connectivity index (χ1n) is 12.6. The molecular formula is C25H34N8O2. The Morgan fingerprint density at radius 1 is 1.11 bits per heavy atom. The second-order valence-corrected chi connectivity index (χ2v) is 9.04. The molecular weight excluding hydrogens is 444 g/mol. The highest BCUT2D eigenvalue weighted by molar-refractivity contribution is 5.86. The number of anilines is 4. The molecule has 2 aliphatic rings. The molecule has 1 unspecified atom stereocenters. The summed E-state index contributed by atoms with van der Waals surface area (Å²) in [6.45, 7) is 10.3. The van der Waals surface area contributed by atoms with Crippen LogP contribution in [0.15, 0.2) is 30.6 Å². The number of H-pyrrole nitrogens is 1. The van der Waals surface area contributed by atoms with Crippen molar-refractivity contribution in [3.63, 3.8) is 0 Å². The van der Waals surface area contributed by atoms with E-state index in [4.69, 9.17) is 14.7 Å². The minimum absolute atomic E-state index is 0.0359. The van der Waals surface area contributed by atoms with Gasteiger partial charge < -0.3 is 29.7 Å². The molecule has 0 spiro atoms. The third-order valence-corrected chi connectivity index (χ3v) is 6.91. The third-order valence-electron chi connectivity index (χ3n) is 6.91. The summed E-state index contributed by atoms with van der Waals surface area (Å²) in [6.07, 6.45) is 3.47. The average Bonchev–Trinajstić information content (AvgIpc) is 3.40. The minimum atomic E-state index is -0.0359. The molecule has 0 bridgehead atoms. The molecule has 2 saturated heterocycles. The number of rotatable bonds is 7. The molecule has 2 N–H and O–H groups in total. The number of carbonyl (C=O) groups is 1. The van der Waals surface area contributed by atoms with E-state index < -0.39 is 0 Å². The Kier molecular flexibility index (Phi) is 6.98. The van der Waals surface area contributed by atoms with Gasteiger partial charge in [-0.15, -0.1) is 0 Å². The number of nitrogens with zero attached hydrogens (tertiary/aromatic N) is 6. The maximum atomic E-state index is 13.0. The van der Waals surface area contributed by atoms with E-state index in [0.29, 0.717) is 24.0 Å². The number of hydrogen-bond acceptors (Lipinski definition) is 8. The molecule has 3 aromatic rings. The first kappa shape index (κ1) is 23.3. The average molecular weight is 479 g/mol. The number of imidazole rings is 1. The van der Waals surface area contributed by atoms with Gasteiger partial charge in [-0.1, -0.05) is 0 Å². The number of hydrogen-bond donors (Lipinski definition) is 2. The number of aromatic nitrogens is 4. The lowest BCUT2D eigenvalue weighted by atomic mass is 9.96. The van der Waals surface area contributed by atoms with Crippen molar-refractivity contribution < 1.29 is 9.53 Å². The molecule has 10 heteroatoms. The molecule has 2 fully saturated rings. The lowest BCUT2D eigenvalue weighted by Gasteiger charge is -2.34. The first-order chi connectivity index (χ1) is 17.2. The van der Waals surface area contributed by atoms with Crippen molar-refractivity contribution in [1.82, 2.24) is 24.8 Å². The topological polar surface area (TPSA) is 103 Å². The second kappa shape index (κ2) is 10.5. The van der Waals surface area contributed by atoms with Gasteiger partial charge in [-0.3, -0.25) is 4.79 Å². The fourth-order valence-corrected chi connectivity index (χ4v) is 4.92. The molecule has 1 amide bonds. The van der Waals surface area contributed by atoms with E-state index in [1.807, 2.05) is 18.7 Å². The highest BCUT2D eigenvalue weighted by Gasteiger charge is 2.30. The summed E-state index contributed by atoms with van der Waals surface area (Å²) >= 11 is 0. The van der Waals surface area contributed by atoms with Gasteiger partial charge in [0.05, 0.1) is 25.5 Å². The van der Waals surface area contributed by atoms with E-state index in [2.05, 4.69) is 49.4 Å². The summed E-state index contributed by atoms with van der Waals surface area (Å²) < 4.78 is 5.46. The van der Waals surface area contributed by atoms with E-state index in [0.717, 1.165) is 70.0 Å². The third kappa shape index (κ3) is 5.02. The van der Waals surface area contributed by atoms with Crippen molar-refractivity contribution in [1.29, 1.82) is 0 Å². The molecule has 4 heterocycles. The van der Waals surface area contributed by atoms with Crippen LogP contribution >= 0.6 is 0 Å². The van der Waals surface area contributed by atoms with Gasteiger partial charge in [0.15, 0.2) is 11.5 Å². The number of fused-ring (bicyclic) bond motifs is 1. The van der Waals surface area contributed by atoms with Crippen LogP contribution in [0.4, 0.5) is 23.1 Å². The summed E-state index contributed by atoms with van der Waals surface area (Å²) in [5.41, 5.74) is 3.50. The van der Waals surface area contributed by atoms with Gasteiger partial charge in [0, 0.05) is 50.6 Å².